The number of halogens is 1. The lowest BCUT2D eigenvalue weighted by molar-refractivity contribution is 1.32. The van der Waals surface area contributed by atoms with Crippen LogP contribution in [0.2, 0.25) is 5.02 Å². The van der Waals surface area contributed by atoms with Gasteiger partial charge >= 0.3 is 0 Å². The van der Waals surface area contributed by atoms with Crippen molar-refractivity contribution in [3.63, 3.8) is 0 Å². The Morgan fingerprint density at radius 3 is 2.81 bits per heavy atom. The lowest BCUT2D eigenvalue weighted by Crippen LogP contribution is -2.21. The molecule has 0 fully saturated rings. The predicted octanol–water partition coefficient (Wildman–Crippen LogP) is 1.88. The van der Waals surface area contributed by atoms with Gasteiger partial charge in [-0.1, -0.05) is 11.6 Å². The highest BCUT2D eigenvalue weighted by Crippen LogP contribution is 2.19. The highest BCUT2D eigenvalue weighted by Gasteiger charge is 2.01. The third-order valence-electron chi connectivity index (χ3n) is 1.82. The van der Waals surface area contributed by atoms with Crippen molar-refractivity contribution >= 4 is 28.8 Å². The number of nitrogens with one attached hydrogen (secondary N) is 2. The first-order chi connectivity index (χ1) is 7.54. The summed E-state index contributed by atoms with van der Waals surface area (Å²) in [7, 11) is 0. The summed E-state index contributed by atoms with van der Waals surface area (Å²) in [4.78, 5) is 0. The molecule has 0 saturated carbocycles. The number of aryl methyl sites for hydroxylation is 1. The van der Waals surface area contributed by atoms with Crippen LogP contribution in [0.15, 0.2) is 23.3 Å². The Hall–Kier alpha value is -2.06. The minimum absolute atomic E-state index is 0.160. The van der Waals surface area contributed by atoms with Crippen LogP contribution in [-0.2, 0) is 0 Å². The molecule has 16 heavy (non-hydrogen) atoms. The Kier molecular flexibility index (Phi) is 3.86. The van der Waals surface area contributed by atoms with Crippen molar-refractivity contribution in [2.75, 3.05) is 5.43 Å². The van der Waals surface area contributed by atoms with Crippen molar-refractivity contribution in [3.05, 3.63) is 28.8 Å². The van der Waals surface area contributed by atoms with Crippen LogP contribution >= 0.6 is 11.6 Å². The largest absolute Gasteiger partial charge is 0.382 e. The van der Waals surface area contributed by atoms with E-state index < -0.39 is 0 Å². The van der Waals surface area contributed by atoms with Crippen LogP contribution in [-0.4, -0.2) is 11.5 Å². The van der Waals surface area contributed by atoms with Crippen molar-refractivity contribution in [1.29, 1.82) is 10.7 Å². The smallest absolute Gasteiger partial charge is 0.201 e. The number of hydrazone groups is 1. The van der Waals surface area contributed by atoms with Gasteiger partial charge in [0.15, 0.2) is 5.84 Å². The van der Waals surface area contributed by atoms with Gasteiger partial charge in [0.25, 0.3) is 0 Å². The molecule has 6 heteroatoms. The van der Waals surface area contributed by atoms with Gasteiger partial charge in [-0.3, -0.25) is 10.8 Å². The zero-order valence-electron chi connectivity index (χ0n) is 8.58. The topological polar surface area (TPSA) is 98.0 Å². The second-order valence-corrected chi connectivity index (χ2v) is 3.47. The highest BCUT2D eigenvalue weighted by molar-refractivity contribution is 6.45. The molecule has 0 aliphatic heterocycles. The molecule has 0 aromatic heterocycles. The number of hydrogen-bond acceptors (Lipinski definition) is 4. The number of nitrogens with two attached hydrogens (primary N) is 1. The minimum Gasteiger partial charge on any atom is -0.382 e. The van der Waals surface area contributed by atoms with Crippen LogP contribution in [0.3, 0.4) is 0 Å². The van der Waals surface area contributed by atoms with Gasteiger partial charge in [-0.25, -0.2) is 0 Å². The van der Waals surface area contributed by atoms with Crippen LogP contribution in [0.4, 0.5) is 5.69 Å². The average Bonchev–Trinajstić information content (AvgIpc) is 2.23. The molecule has 1 aromatic carbocycles. The van der Waals surface area contributed by atoms with Crippen LogP contribution in [0.5, 0.6) is 0 Å². The van der Waals surface area contributed by atoms with E-state index in [9.17, 15) is 0 Å². The van der Waals surface area contributed by atoms with E-state index in [2.05, 4.69) is 10.5 Å². The number of nitriles is 1. The molecule has 0 heterocycles. The van der Waals surface area contributed by atoms with Crippen LogP contribution in [0.25, 0.3) is 0 Å². The molecule has 0 aliphatic rings. The monoisotopic (exact) mass is 235 g/mol. The third-order valence-corrected chi connectivity index (χ3v) is 2.24. The number of amidine groups is 1. The molecule has 1 aromatic rings. The Morgan fingerprint density at radius 2 is 2.31 bits per heavy atom. The highest BCUT2D eigenvalue weighted by atomic mass is 35.5. The van der Waals surface area contributed by atoms with Gasteiger partial charge in [0.1, 0.15) is 6.07 Å². The lowest BCUT2D eigenvalue weighted by atomic mass is 10.2. The fraction of sp³-hybridized carbons (Fsp3) is 0.100. The Balaban J connectivity index is 2.86. The Morgan fingerprint density at radius 1 is 1.62 bits per heavy atom. The van der Waals surface area contributed by atoms with Crippen molar-refractivity contribution in [2.45, 2.75) is 6.92 Å². The Labute approximate surface area is 98.0 Å². The molecule has 5 nitrogen and oxygen atoms in total. The van der Waals surface area contributed by atoms with Gasteiger partial charge in [-0.05, 0) is 30.7 Å². The quantitative estimate of drug-likeness (QED) is 0.424. The van der Waals surface area contributed by atoms with Gasteiger partial charge < -0.3 is 5.73 Å². The summed E-state index contributed by atoms with van der Waals surface area (Å²) in [6.45, 7) is 1.85. The second kappa shape index (κ2) is 5.14. The molecule has 0 unspecified atom stereocenters. The minimum atomic E-state index is -0.374. The van der Waals surface area contributed by atoms with Crippen LogP contribution in [0.1, 0.15) is 5.56 Å². The number of anilines is 1. The molecular formula is C10H10ClN5. The maximum Gasteiger partial charge on any atom is 0.201 e. The normalized spacial score (nSPS) is 10.7. The molecule has 0 bridgehead atoms. The van der Waals surface area contributed by atoms with Crippen molar-refractivity contribution < 1.29 is 0 Å². The third kappa shape index (κ3) is 2.97. The van der Waals surface area contributed by atoms with E-state index in [-0.39, 0.29) is 11.5 Å². The van der Waals surface area contributed by atoms with Crippen LogP contribution < -0.4 is 11.2 Å². The zero-order chi connectivity index (χ0) is 12.1. The summed E-state index contributed by atoms with van der Waals surface area (Å²) < 4.78 is 0. The van der Waals surface area contributed by atoms with Gasteiger partial charge in [0.05, 0.1) is 5.69 Å². The maximum atomic E-state index is 8.61. The number of nitrogens with zero attached hydrogens (tertiary/aromatic N) is 2. The van der Waals surface area contributed by atoms with Gasteiger partial charge in [-0.15, -0.1) is 0 Å². The number of hydrogen-bond donors (Lipinski definition) is 3. The van der Waals surface area contributed by atoms with E-state index in [1.165, 1.54) is 0 Å². The first-order valence-corrected chi connectivity index (χ1v) is 4.76. The summed E-state index contributed by atoms with van der Waals surface area (Å²) >= 11 is 5.85. The molecule has 0 amide bonds. The second-order valence-electron chi connectivity index (χ2n) is 3.06. The van der Waals surface area contributed by atoms with E-state index in [0.29, 0.717) is 10.7 Å². The first kappa shape index (κ1) is 12.0. The molecule has 1 rings (SSSR count). The summed E-state index contributed by atoms with van der Waals surface area (Å²) in [6, 6.07) is 6.92. The number of benzene rings is 1. The zero-order valence-corrected chi connectivity index (χ0v) is 9.34. The predicted molar refractivity (Wildman–Crippen MR) is 64.8 cm³/mol. The molecule has 4 N–H and O–H groups in total. The van der Waals surface area contributed by atoms with E-state index in [1.54, 1.807) is 24.3 Å². The maximum absolute atomic E-state index is 8.61. The summed E-state index contributed by atoms with van der Waals surface area (Å²) in [5, 5.41) is 20.0. The van der Waals surface area contributed by atoms with Crippen molar-refractivity contribution in [3.8, 4) is 6.07 Å². The first-order valence-electron chi connectivity index (χ1n) is 4.39. The van der Waals surface area contributed by atoms with E-state index in [0.717, 1.165) is 5.56 Å². The number of rotatable bonds is 3. The standard InChI is InChI=1S/C10H10ClN5/c1-6-4-7(2-3-8(6)11)15-16-9(5-12)10(13)14/h2-4,15H,1H3,(H3,13,14)/b16-9+. The van der Waals surface area contributed by atoms with E-state index in [1.807, 2.05) is 6.92 Å². The molecule has 0 radical (unpaired) electrons. The van der Waals surface area contributed by atoms with Crippen molar-refractivity contribution in [1.82, 2.24) is 0 Å². The molecule has 82 valence electrons. The van der Waals surface area contributed by atoms with E-state index in [4.69, 9.17) is 28.0 Å². The fourth-order valence-corrected chi connectivity index (χ4v) is 1.10. The summed E-state index contributed by atoms with van der Waals surface area (Å²) in [5.74, 6) is -0.374. The van der Waals surface area contributed by atoms with Crippen LogP contribution in [0, 0.1) is 23.7 Å². The molecule has 0 aliphatic carbocycles. The molecule has 0 saturated heterocycles. The van der Waals surface area contributed by atoms with Gasteiger partial charge in [0.2, 0.25) is 5.71 Å². The molecule has 0 atom stereocenters. The fourth-order valence-electron chi connectivity index (χ4n) is 0.980. The molecule has 0 spiro atoms. The SMILES string of the molecule is Cc1cc(N/N=C(\C#N)C(=N)N)ccc1Cl. The Bertz CT molecular complexity index is 486. The summed E-state index contributed by atoms with van der Waals surface area (Å²) in [6.07, 6.45) is 0. The molecular weight excluding hydrogens is 226 g/mol. The van der Waals surface area contributed by atoms with E-state index >= 15 is 0 Å². The van der Waals surface area contributed by atoms with Crippen molar-refractivity contribution in [2.24, 2.45) is 10.8 Å². The average molecular weight is 236 g/mol. The van der Waals surface area contributed by atoms with Gasteiger partial charge in [0, 0.05) is 5.02 Å². The summed E-state index contributed by atoms with van der Waals surface area (Å²) in [5.41, 5.74) is 9.17. The lowest BCUT2D eigenvalue weighted by Gasteiger charge is -2.03. The van der Waals surface area contributed by atoms with Gasteiger partial charge in [-0.2, -0.15) is 10.4 Å².